The Morgan fingerprint density at radius 2 is 2.10 bits per heavy atom. The predicted octanol–water partition coefficient (Wildman–Crippen LogP) is 3.12. The molecule has 3 rings (SSSR count). The van der Waals surface area contributed by atoms with Gasteiger partial charge in [0, 0.05) is 30.4 Å². The second kappa shape index (κ2) is 8.91. The molecule has 2 aromatic rings. The molecule has 0 spiro atoms. The van der Waals surface area contributed by atoms with Crippen LogP contribution < -0.4 is 10.1 Å². The summed E-state index contributed by atoms with van der Waals surface area (Å²) in [4.78, 5) is 35.0. The van der Waals surface area contributed by atoms with Gasteiger partial charge in [-0.2, -0.15) is 13.2 Å². The van der Waals surface area contributed by atoms with Crippen molar-refractivity contribution >= 4 is 11.8 Å². The van der Waals surface area contributed by atoms with E-state index in [0.717, 1.165) is 0 Å². The van der Waals surface area contributed by atoms with Crippen LogP contribution in [0.1, 0.15) is 52.8 Å². The average molecular weight is 436 g/mol. The summed E-state index contributed by atoms with van der Waals surface area (Å²) in [6.45, 7) is 4.61. The van der Waals surface area contributed by atoms with Gasteiger partial charge in [0.15, 0.2) is 6.61 Å². The number of fused-ring (bicyclic) bond motifs is 1. The van der Waals surface area contributed by atoms with Crippen molar-refractivity contribution in [2.75, 3.05) is 13.2 Å². The summed E-state index contributed by atoms with van der Waals surface area (Å²) in [6, 6.07) is 2.80. The number of hydrogen-bond acceptors (Lipinski definition) is 5. The second-order valence-corrected chi connectivity index (χ2v) is 7.30. The van der Waals surface area contributed by atoms with E-state index in [0.29, 0.717) is 34.6 Å². The van der Waals surface area contributed by atoms with Crippen LogP contribution in [0.4, 0.5) is 13.2 Å². The molecule has 7 nitrogen and oxygen atoms in total. The quantitative estimate of drug-likeness (QED) is 0.721. The number of carbonyl (C=O) groups is 2. The van der Waals surface area contributed by atoms with Crippen LogP contribution in [-0.4, -0.2) is 46.0 Å². The van der Waals surface area contributed by atoms with Gasteiger partial charge in [0.25, 0.3) is 5.91 Å². The normalized spacial score (nSPS) is 14.4. The lowest BCUT2D eigenvalue weighted by Gasteiger charge is -2.24. The van der Waals surface area contributed by atoms with Crippen molar-refractivity contribution in [2.45, 2.75) is 46.0 Å². The van der Waals surface area contributed by atoms with E-state index in [9.17, 15) is 22.8 Å². The summed E-state index contributed by atoms with van der Waals surface area (Å²) in [5.74, 6) is -0.342. The molecule has 1 aliphatic heterocycles. The molecule has 2 amide bonds. The Hall–Kier alpha value is -3.17. The Balaban J connectivity index is 1.78. The first-order valence-corrected chi connectivity index (χ1v) is 9.81. The lowest BCUT2D eigenvalue weighted by Crippen LogP contribution is -2.28. The summed E-state index contributed by atoms with van der Waals surface area (Å²) >= 11 is 0. The molecule has 0 saturated carbocycles. The lowest BCUT2D eigenvalue weighted by atomic mass is 10.1. The molecule has 1 N–H and O–H groups in total. The maximum absolute atomic E-state index is 13.0. The van der Waals surface area contributed by atoms with Crippen LogP contribution in [0.3, 0.4) is 0 Å². The highest BCUT2D eigenvalue weighted by Crippen LogP contribution is 2.33. The fourth-order valence-electron chi connectivity index (χ4n) is 3.45. The first kappa shape index (κ1) is 22.5. The summed E-state index contributed by atoms with van der Waals surface area (Å²) in [5.41, 5.74) is 2.75. The van der Waals surface area contributed by atoms with E-state index in [4.69, 9.17) is 4.74 Å². The number of halogens is 3. The van der Waals surface area contributed by atoms with Gasteiger partial charge in [0.2, 0.25) is 5.91 Å². The number of nitrogens with zero attached hydrogens (tertiary/aromatic N) is 3. The van der Waals surface area contributed by atoms with Crippen LogP contribution in [0.25, 0.3) is 0 Å². The monoisotopic (exact) mass is 436 g/mol. The number of ether oxygens (including phenoxy) is 1. The Bertz CT molecular complexity index is 994. The van der Waals surface area contributed by atoms with Crippen LogP contribution >= 0.6 is 0 Å². The van der Waals surface area contributed by atoms with Gasteiger partial charge in [-0.25, -0.2) is 0 Å². The lowest BCUT2D eigenvalue weighted by molar-refractivity contribution is -0.153. The van der Waals surface area contributed by atoms with E-state index < -0.39 is 18.8 Å². The molecular weight excluding hydrogens is 413 g/mol. The molecule has 1 aliphatic rings. The molecular formula is C21H23F3N4O3. The maximum Gasteiger partial charge on any atom is 0.422 e. The number of rotatable bonds is 7. The zero-order valence-electron chi connectivity index (χ0n) is 17.4. The SMILES string of the molecule is CCNC(=O)Cc1nccc2c1CN(C(C)c1cc(C)c(OCC(F)(F)F)cn1)C2=O. The number of nitrogens with one attached hydrogen (secondary N) is 1. The Morgan fingerprint density at radius 3 is 2.74 bits per heavy atom. The van der Waals surface area contributed by atoms with Crippen LogP contribution in [0.15, 0.2) is 24.5 Å². The Morgan fingerprint density at radius 1 is 1.35 bits per heavy atom. The van der Waals surface area contributed by atoms with E-state index in [2.05, 4.69) is 15.3 Å². The Labute approximate surface area is 177 Å². The number of likely N-dealkylation sites (N-methyl/N-ethyl adjacent to an activating group) is 1. The van der Waals surface area contributed by atoms with Crippen molar-refractivity contribution < 1.29 is 27.5 Å². The topological polar surface area (TPSA) is 84.4 Å². The molecule has 10 heteroatoms. The number of alkyl halides is 3. The van der Waals surface area contributed by atoms with Crippen LogP contribution in [0, 0.1) is 6.92 Å². The van der Waals surface area contributed by atoms with Crippen LogP contribution in [0.5, 0.6) is 5.75 Å². The molecule has 0 aliphatic carbocycles. The Kier molecular flexibility index (Phi) is 6.47. The molecule has 0 fully saturated rings. The molecule has 2 aromatic heterocycles. The van der Waals surface area contributed by atoms with Gasteiger partial charge in [-0.05, 0) is 38.5 Å². The highest BCUT2D eigenvalue weighted by Gasteiger charge is 2.34. The summed E-state index contributed by atoms with van der Waals surface area (Å²) < 4.78 is 42.0. The number of hydrogen-bond donors (Lipinski definition) is 1. The molecule has 1 unspecified atom stereocenters. The van der Waals surface area contributed by atoms with E-state index in [1.807, 2.05) is 6.92 Å². The van der Waals surface area contributed by atoms with Crippen molar-refractivity contribution in [3.05, 3.63) is 52.6 Å². The molecule has 0 saturated heterocycles. The van der Waals surface area contributed by atoms with Crippen molar-refractivity contribution in [3.8, 4) is 5.75 Å². The molecule has 1 atom stereocenters. The minimum absolute atomic E-state index is 0.0396. The van der Waals surface area contributed by atoms with Gasteiger partial charge < -0.3 is 15.0 Å². The molecule has 31 heavy (non-hydrogen) atoms. The minimum atomic E-state index is -4.44. The highest BCUT2D eigenvalue weighted by atomic mass is 19.4. The van der Waals surface area contributed by atoms with E-state index in [1.54, 1.807) is 30.9 Å². The number of carbonyl (C=O) groups excluding carboxylic acids is 2. The van der Waals surface area contributed by atoms with Crippen molar-refractivity contribution in [1.29, 1.82) is 0 Å². The summed E-state index contributed by atoms with van der Waals surface area (Å²) in [5, 5.41) is 2.72. The maximum atomic E-state index is 13.0. The largest absolute Gasteiger partial charge is 0.482 e. The zero-order valence-corrected chi connectivity index (χ0v) is 17.4. The minimum Gasteiger partial charge on any atom is -0.482 e. The number of aryl methyl sites for hydroxylation is 1. The van der Waals surface area contributed by atoms with Gasteiger partial charge >= 0.3 is 6.18 Å². The van der Waals surface area contributed by atoms with E-state index in [-0.39, 0.29) is 30.5 Å². The second-order valence-electron chi connectivity index (χ2n) is 7.30. The van der Waals surface area contributed by atoms with Crippen molar-refractivity contribution in [2.24, 2.45) is 0 Å². The number of amides is 2. The zero-order chi connectivity index (χ0) is 22.8. The highest BCUT2D eigenvalue weighted by molar-refractivity contribution is 5.99. The summed E-state index contributed by atoms with van der Waals surface area (Å²) in [6.07, 6.45) is -1.61. The number of aromatic nitrogens is 2. The average Bonchev–Trinajstić information content (AvgIpc) is 3.04. The molecule has 3 heterocycles. The van der Waals surface area contributed by atoms with E-state index in [1.165, 1.54) is 12.4 Å². The van der Waals surface area contributed by atoms with Crippen LogP contribution in [-0.2, 0) is 17.8 Å². The van der Waals surface area contributed by atoms with Gasteiger partial charge in [-0.1, -0.05) is 0 Å². The molecule has 0 radical (unpaired) electrons. The third kappa shape index (κ3) is 5.12. The van der Waals surface area contributed by atoms with Crippen LogP contribution in [0.2, 0.25) is 0 Å². The molecule has 0 aromatic carbocycles. The van der Waals surface area contributed by atoms with Gasteiger partial charge in [-0.15, -0.1) is 0 Å². The van der Waals surface area contributed by atoms with Gasteiger partial charge in [0.05, 0.1) is 30.0 Å². The predicted molar refractivity (Wildman–Crippen MR) is 105 cm³/mol. The van der Waals surface area contributed by atoms with E-state index >= 15 is 0 Å². The third-order valence-electron chi connectivity index (χ3n) is 5.04. The molecule has 0 bridgehead atoms. The van der Waals surface area contributed by atoms with Gasteiger partial charge in [0.1, 0.15) is 5.75 Å². The van der Waals surface area contributed by atoms with Gasteiger partial charge in [-0.3, -0.25) is 19.6 Å². The standard InChI is InChI=1S/C21H23F3N4O3/c1-4-25-19(29)8-17-15-10-28(20(30)14(15)5-6-26-17)13(3)16-7-12(2)18(9-27-16)31-11-21(22,23)24/h5-7,9,13H,4,8,10-11H2,1-3H3,(H,25,29). The smallest absolute Gasteiger partial charge is 0.422 e. The third-order valence-corrected chi connectivity index (χ3v) is 5.04. The summed E-state index contributed by atoms with van der Waals surface area (Å²) in [7, 11) is 0. The first-order valence-electron chi connectivity index (χ1n) is 9.81. The van der Waals surface area contributed by atoms with Crippen molar-refractivity contribution in [1.82, 2.24) is 20.2 Å². The van der Waals surface area contributed by atoms with Crippen molar-refractivity contribution in [3.63, 3.8) is 0 Å². The first-order chi connectivity index (χ1) is 14.6. The fraction of sp³-hybridized carbons (Fsp3) is 0.429. The fourth-order valence-corrected chi connectivity index (χ4v) is 3.45. The molecule has 166 valence electrons. The number of pyridine rings is 2.